The van der Waals surface area contributed by atoms with Crippen molar-refractivity contribution >= 4 is 0 Å². The number of ether oxygens (including phenoxy) is 2. The van der Waals surface area contributed by atoms with Crippen LogP contribution in [0, 0.1) is 0 Å². The van der Waals surface area contributed by atoms with E-state index in [2.05, 4.69) is 13.0 Å². The van der Waals surface area contributed by atoms with Gasteiger partial charge in [-0.15, -0.1) is 0 Å². The summed E-state index contributed by atoms with van der Waals surface area (Å²) in [4.78, 5) is 0. The maximum absolute atomic E-state index is 5.90. The fraction of sp³-hybridized carbons (Fsp3) is 0.333. The highest BCUT2D eigenvalue weighted by molar-refractivity contribution is 5.45. The van der Waals surface area contributed by atoms with E-state index < -0.39 is 0 Å². The van der Waals surface area contributed by atoms with Crippen molar-refractivity contribution in [2.24, 2.45) is 5.73 Å². The average Bonchev–Trinajstić information content (AvgIpc) is 2.49. The Balaban J connectivity index is 2.14. The topological polar surface area (TPSA) is 44.5 Å². The van der Waals surface area contributed by atoms with Crippen molar-refractivity contribution in [1.82, 2.24) is 0 Å². The summed E-state index contributed by atoms with van der Waals surface area (Å²) >= 11 is 0. The van der Waals surface area contributed by atoms with Crippen LogP contribution in [0.3, 0.4) is 0 Å². The van der Waals surface area contributed by atoms with Crippen molar-refractivity contribution in [3.63, 3.8) is 0 Å². The first-order valence-corrected chi connectivity index (χ1v) is 7.31. The number of hydrogen-bond donors (Lipinski definition) is 1. The molecule has 0 radical (unpaired) electrons. The predicted octanol–water partition coefficient (Wildman–Crippen LogP) is 3.94. The summed E-state index contributed by atoms with van der Waals surface area (Å²) in [6.07, 6.45) is 1.84. The van der Waals surface area contributed by atoms with Gasteiger partial charge in [0, 0.05) is 6.04 Å². The van der Waals surface area contributed by atoms with Gasteiger partial charge in [0.2, 0.25) is 0 Å². The minimum absolute atomic E-state index is 0.165. The van der Waals surface area contributed by atoms with E-state index in [1.54, 1.807) is 7.11 Å². The Morgan fingerprint density at radius 1 is 1.00 bits per heavy atom. The third-order valence-electron chi connectivity index (χ3n) is 3.35. The summed E-state index contributed by atoms with van der Waals surface area (Å²) in [5.74, 6) is 2.29. The minimum Gasteiger partial charge on any atom is -0.493 e. The molecule has 0 amide bonds. The van der Waals surface area contributed by atoms with Gasteiger partial charge in [0.05, 0.1) is 7.11 Å². The Morgan fingerprint density at radius 2 is 1.67 bits per heavy atom. The van der Waals surface area contributed by atoms with Gasteiger partial charge in [0.15, 0.2) is 11.5 Å². The molecule has 2 N–H and O–H groups in total. The normalized spacial score (nSPS) is 12.0. The third kappa shape index (κ3) is 4.23. The summed E-state index contributed by atoms with van der Waals surface area (Å²) in [5, 5.41) is 0. The molecule has 0 spiro atoms. The van der Waals surface area contributed by atoms with Crippen molar-refractivity contribution in [3.05, 3.63) is 53.6 Å². The van der Waals surface area contributed by atoms with Crippen LogP contribution in [0.2, 0.25) is 0 Å². The number of hydrogen-bond acceptors (Lipinski definition) is 3. The highest BCUT2D eigenvalue weighted by atomic mass is 16.5. The number of methoxy groups -OCH3 is 1. The molecule has 2 rings (SSSR count). The molecule has 2 aromatic carbocycles. The lowest BCUT2D eigenvalue weighted by atomic mass is 10.1. The largest absolute Gasteiger partial charge is 0.493 e. The van der Waals surface area contributed by atoms with E-state index in [0.29, 0.717) is 0 Å². The molecule has 0 aliphatic carbocycles. The molecule has 0 aromatic heterocycles. The SMILES string of the molecule is CCc1ccc(Oc2ccc(CC(C)N)cc2)c(OC)c1. The van der Waals surface area contributed by atoms with E-state index in [9.17, 15) is 0 Å². The van der Waals surface area contributed by atoms with E-state index in [0.717, 1.165) is 30.1 Å². The van der Waals surface area contributed by atoms with E-state index in [4.69, 9.17) is 15.2 Å². The molecule has 0 saturated heterocycles. The summed E-state index contributed by atoms with van der Waals surface area (Å²) in [6, 6.07) is 14.2. The van der Waals surface area contributed by atoms with Gasteiger partial charge < -0.3 is 15.2 Å². The third-order valence-corrected chi connectivity index (χ3v) is 3.35. The van der Waals surface area contributed by atoms with E-state index in [1.807, 2.05) is 43.3 Å². The maximum Gasteiger partial charge on any atom is 0.169 e. The van der Waals surface area contributed by atoms with Crippen LogP contribution in [0.15, 0.2) is 42.5 Å². The van der Waals surface area contributed by atoms with E-state index in [1.165, 1.54) is 11.1 Å². The lowest BCUT2D eigenvalue weighted by molar-refractivity contribution is 0.378. The van der Waals surface area contributed by atoms with E-state index in [-0.39, 0.29) is 6.04 Å². The fourth-order valence-electron chi connectivity index (χ4n) is 2.21. The maximum atomic E-state index is 5.90. The number of nitrogens with two attached hydrogens (primary N) is 1. The Morgan fingerprint density at radius 3 is 2.24 bits per heavy atom. The molecule has 0 fully saturated rings. The van der Waals surface area contributed by atoms with Gasteiger partial charge in [-0.2, -0.15) is 0 Å². The Hall–Kier alpha value is -2.00. The van der Waals surface area contributed by atoms with Crippen molar-refractivity contribution in [2.45, 2.75) is 32.7 Å². The molecule has 0 bridgehead atoms. The monoisotopic (exact) mass is 285 g/mol. The van der Waals surface area contributed by atoms with Crippen molar-refractivity contribution in [2.75, 3.05) is 7.11 Å². The molecule has 3 nitrogen and oxygen atoms in total. The molecule has 21 heavy (non-hydrogen) atoms. The molecule has 112 valence electrons. The average molecular weight is 285 g/mol. The van der Waals surface area contributed by atoms with E-state index >= 15 is 0 Å². The molecule has 0 aliphatic heterocycles. The lowest BCUT2D eigenvalue weighted by Gasteiger charge is -2.12. The fourth-order valence-corrected chi connectivity index (χ4v) is 2.21. The smallest absolute Gasteiger partial charge is 0.169 e. The van der Waals surface area contributed by atoms with Gasteiger partial charge in [-0.25, -0.2) is 0 Å². The van der Waals surface area contributed by atoms with Gasteiger partial charge in [0.25, 0.3) is 0 Å². The highest BCUT2D eigenvalue weighted by Crippen LogP contribution is 2.32. The summed E-state index contributed by atoms with van der Waals surface area (Å²) < 4.78 is 11.3. The van der Waals surface area contributed by atoms with Crippen LogP contribution in [-0.2, 0) is 12.8 Å². The Bertz CT molecular complexity index is 576. The zero-order chi connectivity index (χ0) is 15.2. The van der Waals surface area contributed by atoms with Gasteiger partial charge in [0.1, 0.15) is 5.75 Å². The number of rotatable bonds is 6. The van der Waals surface area contributed by atoms with Gasteiger partial charge in [-0.05, 0) is 55.2 Å². The van der Waals surface area contributed by atoms with Crippen LogP contribution in [0.25, 0.3) is 0 Å². The molecule has 1 atom stereocenters. The lowest BCUT2D eigenvalue weighted by Crippen LogP contribution is -2.17. The summed E-state index contributed by atoms with van der Waals surface area (Å²) in [6.45, 7) is 4.12. The Kier molecular flexibility index (Phi) is 5.23. The van der Waals surface area contributed by atoms with Crippen LogP contribution >= 0.6 is 0 Å². The quantitative estimate of drug-likeness (QED) is 0.874. The molecule has 1 unspecified atom stereocenters. The second-order valence-corrected chi connectivity index (χ2v) is 5.27. The van der Waals surface area contributed by atoms with Crippen molar-refractivity contribution < 1.29 is 9.47 Å². The molecular weight excluding hydrogens is 262 g/mol. The first-order chi connectivity index (χ1) is 10.1. The van der Waals surface area contributed by atoms with Crippen LogP contribution in [0.4, 0.5) is 0 Å². The molecule has 0 saturated carbocycles. The second kappa shape index (κ2) is 7.14. The zero-order valence-electron chi connectivity index (χ0n) is 12.9. The van der Waals surface area contributed by atoms with Crippen LogP contribution in [0.5, 0.6) is 17.2 Å². The summed E-state index contributed by atoms with van der Waals surface area (Å²) in [7, 11) is 1.66. The zero-order valence-corrected chi connectivity index (χ0v) is 12.9. The molecule has 2 aromatic rings. The van der Waals surface area contributed by atoms with Crippen molar-refractivity contribution in [3.8, 4) is 17.2 Å². The second-order valence-electron chi connectivity index (χ2n) is 5.27. The molecular formula is C18H23NO2. The first kappa shape index (κ1) is 15.4. The first-order valence-electron chi connectivity index (χ1n) is 7.31. The standard InChI is InChI=1S/C18H23NO2/c1-4-14-7-10-17(18(12-14)20-3)21-16-8-5-15(6-9-16)11-13(2)19/h5-10,12-13H,4,11,19H2,1-3H3. The van der Waals surface area contributed by atoms with Crippen molar-refractivity contribution in [1.29, 1.82) is 0 Å². The summed E-state index contributed by atoms with van der Waals surface area (Å²) in [5.41, 5.74) is 8.25. The predicted molar refractivity (Wildman–Crippen MR) is 86.2 cm³/mol. The van der Waals surface area contributed by atoms with Gasteiger partial charge >= 0.3 is 0 Å². The Labute approximate surface area is 126 Å². The highest BCUT2D eigenvalue weighted by Gasteiger charge is 2.07. The van der Waals surface area contributed by atoms with Gasteiger partial charge in [-0.3, -0.25) is 0 Å². The van der Waals surface area contributed by atoms with Gasteiger partial charge in [-0.1, -0.05) is 25.1 Å². The molecule has 3 heteroatoms. The minimum atomic E-state index is 0.165. The van der Waals surface area contributed by atoms with Crippen LogP contribution < -0.4 is 15.2 Å². The number of aryl methyl sites for hydroxylation is 1. The number of benzene rings is 2. The van der Waals surface area contributed by atoms with Crippen LogP contribution in [0.1, 0.15) is 25.0 Å². The molecule has 0 heterocycles. The molecule has 0 aliphatic rings. The van der Waals surface area contributed by atoms with Crippen LogP contribution in [-0.4, -0.2) is 13.2 Å².